The van der Waals surface area contributed by atoms with Crippen LogP contribution in [-0.2, 0) is 33.2 Å². The van der Waals surface area contributed by atoms with Crippen LogP contribution in [0.15, 0.2) is 0 Å². The van der Waals surface area contributed by atoms with E-state index in [1.165, 1.54) is 12.8 Å². The minimum Gasteiger partial charge on any atom is -0.379 e. The molecule has 0 spiro atoms. The Morgan fingerprint density at radius 1 is 0.688 bits per heavy atom. The summed E-state index contributed by atoms with van der Waals surface area (Å²) in [6.45, 7) is 10.8. The van der Waals surface area contributed by atoms with Gasteiger partial charge in [0.05, 0.1) is 79.3 Å². The van der Waals surface area contributed by atoms with Gasteiger partial charge in [0.1, 0.15) is 0 Å². The van der Waals surface area contributed by atoms with E-state index >= 15 is 0 Å². The maximum absolute atomic E-state index is 9.72. The van der Waals surface area contributed by atoms with Gasteiger partial charge in [0.2, 0.25) is 0 Å². The molecular weight excluding hydrogens is 420 g/mol. The van der Waals surface area contributed by atoms with Crippen LogP contribution in [0.1, 0.15) is 19.3 Å². The van der Waals surface area contributed by atoms with Crippen molar-refractivity contribution in [3.63, 3.8) is 0 Å². The van der Waals surface area contributed by atoms with Gasteiger partial charge in [-0.1, -0.05) is 0 Å². The van der Waals surface area contributed by atoms with E-state index in [0.29, 0.717) is 72.7 Å². The van der Waals surface area contributed by atoms with Crippen molar-refractivity contribution in [2.24, 2.45) is 0 Å². The van der Waals surface area contributed by atoms with Gasteiger partial charge >= 0.3 is 0 Å². The highest BCUT2D eigenvalue weighted by Crippen LogP contribution is 2.06. The number of likely N-dealkylation sites (tertiary alicyclic amines) is 1. The third kappa shape index (κ3) is 20.2. The van der Waals surface area contributed by atoms with E-state index in [1.807, 2.05) is 7.05 Å². The SMILES string of the molecule is CNCCCOCCOCCOCCOCCOCCOCC(O)OCCN1CCCC1. The van der Waals surface area contributed by atoms with Crippen molar-refractivity contribution in [3.8, 4) is 0 Å². The molecule has 32 heavy (non-hydrogen) atoms. The third-order valence-corrected chi connectivity index (χ3v) is 4.75. The van der Waals surface area contributed by atoms with Gasteiger partial charge in [0.25, 0.3) is 0 Å². The van der Waals surface area contributed by atoms with Crippen LogP contribution in [0.25, 0.3) is 0 Å². The Bertz CT molecular complexity index is 376. The highest BCUT2D eigenvalue weighted by atomic mass is 16.6. The van der Waals surface area contributed by atoms with E-state index < -0.39 is 6.29 Å². The number of ether oxygens (including phenoxy) is 7. The Kier molecular flexibility index (Phi) is 22.0. The van der Waals surface area contributed by atoms with Gasteiger partial charge in [-0.05, 0) is 45.9 Å². The third-order valence-electron chi connectivity index (χ3n) is 4.75. The second kappa shape index (κ2) is 23.7. The van der Waals surface area contributed by atoms with Crippen LogP contribution in [0.4, 0.5) is 0 Å². The molecule has 1 fully saturated rings. The molecule has 0 aromatic rings. The molecule has 0 bridgehead atoms. The van der Waals surface area contributed by atoms with Crippen molar-refractivity contribution < 1.29 is 38.3 Å². The van der Waals surface area contributed by atoms with E-state index in [-0.39, 0.29) is 6.61 Å². The maximum atomic E-state index is 9.72. The van der Waals surface area contributed by atoms with Crippen molar-refractivity contribution in [3.05, 3.63) is 0 Å². The van der Waals surface area contributed by atoms with Gasteiger partial charge in [-0.2, -0.15) is 0 Å². The van der Waals surface area contributed by atoms with Gasteiger partial charge in [0.15, 0.2) is 6.29 Å². The summed E-state index contributed by atoms with van der Waals surface area (Å²) >= 11 is 0. The first kappa shape index (κ1) is 29.6. The van der Waals surface area contributed by atoms with Crippen LogP contribution < -0.4 is 5.32 Å². The largest absolute Gasteiger partial charge is 0.379 e. The zero-order valence-corrected chi connectivity index (χ0v) is 20.0. The fourth-order valence-electron chi connectivity index (χ4n) is 3.01. The maximum Gasteiger partial charge on any atom is 0.178 e. The Morgan fingerprint density at radius 2 is 1.16 bits per heavy atom. The fourth-order valence-corrected chi connectivity index (χ4v) is 3.01. The minimum atomic E-state index is -0.881. The van der Waals surface area contributed by atoms with Crippen molar-refractivity contribution in [2.45, 2.75) is 25.6 Å². The summed E-state index contributed by atoms with van der Waals surface area (Å²) in [6, 6.07) is 0. The van der Waals surface area contributed by atoms with E-state index in [1.54, 1.807) is 0 Å². The van der Waals surface area contributed by atoms with Crippen LogP contribution >= 0.6 is 0 Å². The number of nitrogens with zero attached hydrogens (tertiary/aromatic N) is 1. The molecule has 1 rings (SSSR count). The van der Waals surface area contributed by atoms with Crippen LogP contribution in [0.2, 0.25) is 0 Å². The van der Waals surface area contributed by atoms with Gasteiger partial charge in [0, 0.05) is 13.2 Å². The second-order valence-corrected chi connectivity index (χ2v) is 7.47. The molecule has 2 N–H and O–H groups in total. The summed E-state index contributed by atoms with van der Waals surface area (Å²) in [5.41, 5.74) is 0. The number of hydrogen-bond acceptors (Lipinski definition) is 10. The monoisotopic (exact) mass is 466 g/mol. The zero-order chi connectivity index (χ0) is 23.0. The molecular formula is C22H46N2O8. The molecule has 0 aliphatic carbocycles. The van der Waals surface area contributed by atoms with E-state index in [2.05, 4.69) is 10.2 Å². The molecule has 1 saturated heterocycles. The van der Waals surface area contributed by atoms with Crippen molar-refractivity contribution >= 4 is 0 Å². The molecule has 1 heterocycles. The molecule has 0 amide bonds. The average Bonchev–Trinajstić information content (AvgIpc) is 3.31. The topological polar surface area (TPSA) is 100 Å². The molecule has 1 aliphatic heterocycles. The van der Waals surface area contributed by atoms with Gasteiger partial charge < -0.3 is 48.5 Å². The first-order chi connectivity index (χ1) is 15.8. The standard InChI is InChI=1S/C22H46N2O8/c1-23-5-4-9-26-11-12-27-13-14-28-15-16-29-17-18-30-19-20-31-21-22(25)32-10-8-24-6-2-3-7-24/h22-23,25H,2-21H2,1H3. The number of rotatable bonds is 25. The van der Waals surface area contributed by atoms with Gasteiger partial charge in [-0.3, -0.25) is 0 Å². The van der Waals surface area contributed by atoms with Gasteiger partial charge in [-0.25, -0.2) is 0 Å². The summed E-state index contributed by atoms with van der Waals surface area (Å²) < 4.78 is 37.8. The predicted octanol–water partition coefficient (Wildman–Crippen LogP) is 0.126. The molecule has 1 unspecified atom stereocenters. The molecule has 0 aromatic heterocycles. The van der Waals surface area contributed by atoms with E-state index in [0.717, 1.165) is 39.2 Å². The molecule has 0 radical (unpaired) electrons. The molecule has 10 heteroatoms. The smallest absolute Gasteiger partial charge is 0.178 e. The Balaban J connectivity index is 1.66. The molecule has 10 nitrogen and oxygen atoms in total. The number of aliphatic hydroxyl groups is 1. The van der Waals surface area contributed by atoms with E-state index in [9.17, 15) is 5.11 Å². The second-order valence-electron chi connectivity index (χ2n) is 7.47. The Hall–Kier alpha value is -0.400. The minimum absolute atomic E-state index is 0.157. The number of nitrogens with one attached hydrogen (secondary N) is 1. The summed E-state index contributed by atoms with van der Waals surface area (Å²) in [5, 5.41) is 12.8. The fraction of sp³-hybridized carbons (Fsp3) is 1.00. The molecule has 0 aromatic carbocycles. The highest BCUT2D eigenvalue weighted by Gasteiger charge is 2.12. The number of hydrogen-bond donors (Lipinski definition) is 2. The molecule has 192 valence electrons. The molecule has 1 aliphatic rings. The van der Waals surface area contributed by atoms with E-state index in [4.69, 9.17) is 33.2 Å². The van der Waals surface area contributed by atoms with Crippen LogP contribution in [0, 0.1) is 0 Å². The summed E-state index contributed by atoms with van der Waals surface area (Å²) in [5.74, 6) is 0. The van der Waals surface area contributed by atoms with Crippen LogP contribution in [0.5, 0.6) is 0 Å². The van der Waals surface area contributed by atoms with Crippen molar-refractivity contribution in [1.82, 2.24) is 10.2 Å². The van der Waals surface area contributed by atoms with Crippen LogP contribution in [-0.4, -0.2) is 135 Å². The quantitative estimate of drug-likeness (QED) is 0.143. The molecule has 0 saturated carbocycles. The van der Waals surface area contributed by atoms with Gasteiger partial charge in [-0.15, -0.1) is 0 Å². The lowest BCUT2D eigenvalue weighted by Gasteiger charge is -2.17. The predicted molar refractivity (Wildman–Crippen MR) is 121 cm³/mol. The first-order valence-electron chi connectivity index (χ1n) is 12.0. The van der Waals surface area contributed by atoms with Crippen LogP contribution in [0.3, 0.4) is 0 Å². The lowest BCUT2D eigenvalue weighted by molar-refractivity contribution is -0.143. The number of aliphatic hydroxyl groups excluding tert-OH is 1. The Labute approximate surface area is 193 Å². The summed E-state index contributed by atoms with van der Waals surface area (Å²) in [6.07, 6.45) is 2.65. The van der Waals surface area contributed by atoms with Crippen molar-refractivity contribution in [2.75, 3.05) is 119 Å². The van der Waals surface area contributed by atoms with Crippen molar-refractivity contribution in [1.29, 1.82) is 0 Å². The summed E-state index contributed by atoms with van der Waals surface area (Å²) in [4.78, 5) is 2.34. The Morgan fingerprint density at radius 3 is 1.66 bits per heavy atom. The normalized spacial score (nSPS) is 15.6. The lowest BCUT2D eigenvalue weighted by Crippen LogP contribution is -2.28. The molecule has 1 atom stereocenters. The average molecular weight is 467 g/mol. The zero-order valence-electron chi connectivity index (χ0n) is 20.0. The highest BCUT2D eigenvalue weighted by molar-refractivity contribution is 4.65. The first-order valence-corrected chi connectivity index (χ1v) is 12.0. The lowest BCUT2D eigenvalue weighted by atomic mass is 10.4. The summed E-state index contributed by atoms with van der Waals surface area (Å²) in [7, 11) is 1.93.